The molecule has 18 heavy (non-hydrogen) atoms. The molecule has 1 aromatic carbocycles. The van der Waals surface area contributed by atoms with E-state index < -0.39 is 5.60 Å². The van der Waals surface area contributed by atoms with Gasteiger partial charge in [0.25, 0.3) is 0 Å². The van der Waals surface area contributed by atoms with Gasteiger partial charge in [-0.25, -0.2) is 0 Å². The van der Waals surface area contributed by atoms with Crippen molar-refractivity contribution in [2.24, 2.45) is 5.92 Å². The van der Waals surface area contributed by atoms with Crippen LogP contribution in [0.5, 0.6) is 0 Å². The Balaban J connectivity index is 1.94. The third kappa shape index (κ3) is 3.39. The molecule has 1 aliphatic carbocycles. The van der Waals surface area contributed by atoms with Crippen LogP contribution >= 0.6 is 0 Å². The lowest BCUT2D eigenvalue weighted by molar-refractivity contribution is 0.00501. The molecule has 0 heterocycles. The van der Waals surface area contributed by atoms with E-state index in [1.165, 1.54) is 0 Å². The third-order valence-electron chi connectivity index (χ3n) is 3.93. The van der Waals surface area contributed by atoms with Gasteiger partial charge in [0.2, 0.25) is 0 Å². The predicted molar refractivity (Wildman–Crippen MR) is 76.7 cm³/mol. The minimum atomic E-state index is -0.551. The van der Waals surface area contributed by atoms with Crippen LogP contribution in [-0.4, -0.2) is 17.3 Å². The van der Waals surface area contributed by atoms with E-state index in [4.69, 9.17) is 5.73 Å². The molecule has 1 aliphatic rings. The highest BCUT2D eigenvalue weighted by Crippen LogP contribution is 2.32. The summed E-state index contributed by atoms with van der Waals surface area (Å²) in [4.78, 5) is 0. The molecule has 3 nitrogen and oxygen atoms in total. The first kappa shape index (κ1) is 13.2. The summed E-state index contributed by atoms with van der Waals surface area (Å²) in [5.41, 5.74) is 8.17. The third-order valence-corrected chi connectivity index (χ3v) is 3.93. The number of nitrogens with one attached hydrogen (secondary N) is 1. The number of hydrogen-bond acceptors (Lipinski definition) is 3. The van der Waals surface area contributed by atoms with Gasteiger partial charge in [-0.3, -0.25) is 0 Å². The predicted octanol–water partition coefficient (Wildman–Crippen LogP) is 2.93. The maximum absolute atomic E-state index is 10.5. The van der Waals surface area contributed by atoms with Gasteiger partial charge in [-0.1, -0.05) is 6.92 Å². The highest BCUT2D eigenvalue weighted by Gasteiger charge is 2.31. The maximum atomic E-state index is 10.5. The number of anilines is 2. The van der Waals surface area contributed by atoms with Crippen molar-refractivity contribution in [3.05, 3.63) is 23.8 Å². The summed E-state index contributed by atoms with van der Waals surface area (Å²) in [5, 5.41) is 13.8. The largest absolute Gasteiger partial charge is 0.399 e. The fourth-order valence-corrected chi connectivity index (χ4v) is 2.66. The minimum Gasteiger partial charge on any atom is -0.399 e. The Hall–Kier alpha value is -1.22. The van der Waals surface area contributed by atoms with E-state index in [1.807, 2.05) is 19.1 Å². The molecule has 0 amide bonds. The van der Waals surface area contributed by atoms with Crippen LogP contribution in [-0.2, 0) is 0 Å². The number of rotatable bonds is 3. The Labute approximate surface area is 109 Å². The van der Waals surface area contributed by atoms with Gasteiger partial charge in [0.05, 0.1) is 5.60 Å². The SMILES string of the molecule is Cc1cc(N)cc(NCC2(O)CCC(C)CC2)c1. The van der Waals surface area contributed by atoms with E-state index in [2.05, 4.69) is 18.3 Å². The van der Waals surface area contributed by atoms with E-state index in [-0.39, 0.29) is 0 Å². The highest BCUT2D eigenvalue weighted by atomic mass is 16.3. The average molecular weight is 248 g/mol. The Kier molecular flexibility index (Phi) is 3.81. The quantitative estimate of drug-likeness (QED) is 0.721. The molecule has 3 heteroatoms. The molecule has 4 N–H and O–H groups in total. The summed E-state index contributed by atoms with van der Waals surface area (Å²) in [6.07, 6.45) is 4.02. The molecule has 0 saturated heterocycles. The molecular formula is C15H24N2O. The van der Waals surface area contributed by atoms with Crippen molar-refractivity contribution in [2.75, 3.05) is 17.6 Å². The Morgan fingerprint density at radius 2 is 2.00 bits per heavy atom. The van der Waals surface area contributed by atoms with Crippen LogP contribution in [0.4, 0.5) is 11.4 Å². The lowest BCUT2D eigenvalue weighted by Crippen LogP contribution is -2.40. The fraction of sp³-hybridized carbons (Fsp3) is 0.600. The van der Waals surface area contributed by atoms with Crippen LogP contribution < -0.4 is 11.1 Å². The molecule has 0 aliphatic heterocycles. The van der Waals surface area contributed by atoms with Gasteiger partial charge in [0, 0.05) is 17.9 Å². The first-order valence-electron chi connectivity index (χ1n) is 6.80. The lowest BCUT2D eigenvalue weighted by Gasteiger charge is -2.35. The van der Waals surface area contributed by atoms with Crippen molar-refractivity contribution in [3.8, 4) is 0 Å². The Morgan fingerprint density at radius 1 is 1.33 bits per heavy atom. The van der Waals surface area contributed by atoms with Gasteiger partial charge in [0.15, 0.2) is 0 Å². The second kappa shape index (κ2) is 5.19. The van der Waals surface area contributed by atoms with E-state index in [9.17, 15) is 5.11 Å². The van der Waals surface area contributed by atoms with Gasteiger partial charge in [-0.2, -0.15) is 0 Å². The maximum Gasteiger partial charge on any atom is 0.0819 e. The van der Waals surface area contributed by atoms with Crippen LogP contribution in [0.15, 0.2) is 18.2 Å². The molecule has 0 unspecified atom stereocenters. The molecule has 1 fully saturated rings. The van der Waals surface area contributed by atoms with Crippen LogP contribution in [0, 0.1) is 12.8 Å². The van der Waals surface area contributed by atoms with Crippen LogP contribution in [0.3, 0.4) is 0 Å². The standard InChI is InChI=1S/C15H24N2O/c1-11-3-5-15(18,6-4-11)10-17-14-8-12(2)7-13(16)9-14/h7-9,11,17-18H,3-6,10,16H2,1-2H3. The summed E-state index contributed by atoms with van der Waals surface area (Å²) in [6, 6.07) is 5.93. The van der Waals surface area contributed by atoms with Crippen molar-refractivity contribution < 1.29 is 5.11 Å². The summed E-state index contributed by atoms with van der Waals surface area (Å²) in [6.45, 7) is 4.90. The number of benzene rings is 1. The smallest absolute Gasteiger partial charge is 0.0819 e. The van der Waals surface area contributed by atoms with Gasteiger partial charge in [-0.05, 0) is 62.3 Å². The van der Waals surface area contributed by atoms with Gasteiger partial charge in [0.1, 0.15) is 0 Å². The van der Waals surface area contributed by atoms with Crippen LogP contribution in [0.1, 0.15) is 38.2 Å². The molecule has 0 bridgehead atoms. The second-order valence-electron chi connectivity index (χ2n) is 5.89. The van der Waals surface area contributed by atoms with Crippen LogP contribution in [0.25, 0.3) is 0 Å². The van der Waals surface area contributed by atoms with Gasteiger partial charge < -0.3 is 16.2 Å². The molecule has 2 rings (SSSR count). The molecule has 100 valence electrons. The van der Waals surface area contributed by atoms with E-state index in [0.29, 0.717) is 6.54 Å². The van der Waals surface area contributed by atoms with Crippen molar-refractivity contribution in [3.63, 3.8) is 0 Å². The fourth-order valence-electron chi connectivity index (χ4n) is 2.66. The lowest BCUT2D eigenvalue weighted by atomic mass is 9.79. The minimum absolute atomic E-state index is 0.551. The second-order valence-corrected chi connectivity index (χ2v) is 5.89. The zero-order valence-electron chi connectivity index (χ0n) is 11.4. The van der Waals surface area contributed by atoms with Crippen LogP contribution in [0.2, 0.25) is 0 Å². The summed E-state index contributed by atoms with van der Waals surface area (Å²) < 4.78 is 0. The summed E-state index contributed by atoms with van der Waals surface area (Å²) in [5.74, 6) is 0.750. The van der Waals surface area contributed by atoms with Crippen molar-refractivity contribution in [2.45, 2.75) is 45.1 Å². The first-order valence-corrected chi connectivity index (χ1v) is 6.80. The van der Waals surface area contributed by atoms with Crippen molar-refractivity contribution >= 4 is 11.4 Å². The topological polar surface area (TPSA) is 58.3 Å². The molecular weight excluding hydrogens is 224 g/mol. The van der Waals surface area contributed by atoms with Crippen molar-refractivity contribution in [1.29, 1.82) is 0 Å². The van der Waals surface area contributed by atoms with E-state index in [0.717, 1.165) is 48.5 Å². The van der Waals surface area contributed by atoms with E-state index >= 15 is 0 Å². The van der Waals surface area contributed by atoms with E-state index in [1.54, 1.807) is 0 Å². The monoisotopic (exact) mass is 248 g/mol. The number of nitrogens with two attached hydrogens (primary N) is 1. The normalized spacial score (nSPS) is 28.1. The number of hydrogen-bond donors (Lipinski definition) is 3. The highest BCUT2D eigenvalue weighted by molar-refractivity contribution is 5.56. The molecule has 0 spiro atoms. The molecule has 1 saturated carbocycles. The van der Waals surface area contributed by atoms with Gasteiger partial charge >= 0.3 is 0 Å². The number of aryl methyl sites for hydroxylation is 1. The molecule has 0 radical (unpaired) electrons. The molecule has 1 aromatic rings. The average Bonchev–Trinajstić information content (AvgIpc) is 2.30. The number of aliphatic hydroxyl groups is 1. The van der Waals surface area contributed by atoms with Gasteiger partial charge in [-0.15, -0.1) is 0 Å². The number of nitrogen functional groups attached to an aromatic ring is 1. The van der Waals surface area contributed by atoms with Crippen molar-refractivity contribution in [1.82, 2.24) is 0 Å². The zero-order chi connectivity index (χ0) is 13.2. The summed E-state index contributed by atoms with van der Waals surface area (Å²) in [7, 11) is 0. The molecule has 0 aromatic heterocycles. The first-order chi connectivity index (χ1) is 8.47. The summed E-state index contributed by atoms with van der Waals surface area (Å²) >= 11 is 0. The molecule has 0 atom stereocenters. The zero-order valence-corrected chi connectivity index (χ0v) is 11.4. The Morgan fingerprint density at radius 3 is 2.61 bits per heavy atom. The Bertz CT molecular complexity index is 389.